The minimum absolute atomic E-state index is 0.183. The molecule has 92 valence electrons. The van der Waals surface area contributed by atoms with Gasteiger partial charge in [-0.1, -0.05) is 42.0 Å². The van der Waals surface area contributed by atoms with E-state index in [2.05, 4.69) is 31.2 Å². The maximum Gasteiger partial charge on any atom is 0.158 e. The second-order valence-electron chi connectivity index (χ2n) is 4.88. The van der Waals surface area contributed by atoms with Crippen LogP contribution >= 0.6 is 0 Å². The fourth-order valence-electron chi connectivity index (χ4n) is 2.35. The average Bonchev–Trinajstić information content (AvgIpc) is 2.62. The maximum atomic E-state index is 11.6. The summed E-state index contributed by atoms with van der Waals surface area (Å²) >= 11 is 0. The number of rotatable bonds is 1. The lowest BCUT2D eigenvalue weighted by Crippen LogP contribution is -1.95. The van der Waals surface area contributed by atoms with Crippen LogP contribution in [0.2, 0.25) is 0 Å². The van der Waals surface area contributed by atoms with Gasteiger partial charge < -0.3 is 0 Å². The molecule has 0 saturated heterocycles. The average molecular weight is 258 g/mol. The van der Waals surface area contributed by atoms with E-state index in [1.807, 2.05) is 18.2 Å². The molecule has 0 bridgehead atoms. The molecule has 1 aliphatic heterocycles. The fraction of sp³-hybridized carbons (Fsp3) is 0.200. The Balaban J connectivity index is 2.04. The van der Waals surface area contributed by atoms with Crippen LogP contribution in [0.1, 0.15) is 16.7 Å². The Morgan fingerprint density at radius 2 is 1.44 bits per heavy atom. The Kier molecular flexibility index (Phi) is 2.52. The van der Waals surface area contributed by atoms with Gasteiger partial charge in [0.05, 0.1) is 11.5 Å². The fourth-order valence-corrected chi connectivity index (χ4v) is 3.95. The monoisotopic (exact) mass is 258 g/mol. The van der Waals surface area contributed by atoms with Gasteiger partial charge in [-0.2, -0.15) is 0 Å². The van der Waals surface area contributed by atoms with Crippen LogP contribution in [-0.2, 0) is 21.3 Å². The zero-order valence-corrected chi connectivity index (χ0v) is 11.0. The van der Waals surface area contributed by atoms with E-state index < -0.39 is 9.84 Å². The molecular formula is C15H14O2S. The topological polar surface area (TPSA) is 34.1 Å². The minimum atomic E-state index is -2.91. The molecule has 0 aliphatic carbocycles. The lowest BCUT2D eigenvalue weighted by atomic mass is 10.00. The van der Waals surface area contributed by atoms with E-state index in [0.29, 0.717) is 0 Å². The molecule has 2 nitrogen and oxygen atoms in total. The summed E-state index contributed by atoms with van der Waals surface area (Å²) in [5.74, 6) is 0.374. The molecule has 0 N–H and O–H groups in total. The predicted octanol–water partition coefficient (Wildman–Crippen LogP) is 3.09. The minimum Gasteiger partial charge on any atom is -0.228 e. The van der Waals surface area contributed by atoms with Crippen molar-refractivity contribution < 1.29 is 8.42 Å². The molecule has 1 aliphatic rings. The van der Waals surface area contributed by atoms with Crippen molar-refractivity contribution in [2.24, 2.45) is 0 Å². The Bertz CT molecular complexity index is 698. The van der Waals surface area contributed by atoms with Gasteiger partial charge in [-0.3, -0.25) is 0 Å². The SMILES string of the molecule is Cc1ccc(-c2ccc3c(c2)CS(=O)(=O)C3)cc1. The van der Waals surface area contributed by atoms with Crippen LogP contribution in [0.5, 0.6) is 0 Å². The van der Waals surface area contributed by atoms with Gasteiger partial charge in [0.1, 0.15) is 0 Å². The number of hydrogen-bond donors (Lipinski definition) is 0. The number of aryl methyl sites for hydroxylation is 1. The van der Waals surface area contributed by atoms with E-state index in [4.69, 9.17) is 0 Å². The molecule has 3 heteroatoms. The van der Waals surface area contributed by atoms with Crippen molar-refractivity contribution in [1.29, 1.82) is 0 Å². The molecule has 0 aromatic heterocycles. The smallest absolute Gasteiger partial charge is 0.158 e. The van der Waals surface area contributed by atoms with E-state index in [9.17, 15) is 8.42 Å². The summed E-state index contributed by atoms with van der Waals surface area (Å²) in [7, 11) is -2.91. The summed E-state index contributed by atoms with van der Waals surface area (Å²) in [4.78, 5) is 0. The van der Waals surface area contributed by atoms with Gasteiger partial charge in [-0.05, 0) is 35.2 Å². The van der Waals surface area contributed by atoms with E-state index in [0.717, 1.165) is 22.3 Å². The third-order valence-corrected chi connectivity index (χ3v) is 4.84. The highest BCUT2D eigenvalue weighted by Gasteiger charge is 2.24. The van der Waals surface area contributed by atoms with Crippen LogP contribution < -0.4 is 0 Å². The molecule has 1 heterocycles. The molecule has 0 fully saturated rings. The summed E-state index contributed by atoms with van der Waals surface area (Å²) in [6.45, 7) is 2.05. The third kappa shape index (κ3) is 2.06. The van der Waals surface area contributed by atoms with Crippen LogP contribution in [0, 0.1) is 6.92 Å². The first kappa shape index (κ1) is 11.5. The summed E-state index contributed by atoms with van der Waals surface area (Å²) in [5.41, 5.74) is 5.35. The quantitative estimate of drug-likeness (QED) is 0.787. The lowest BCUT2D eigenvalue weighted by molar-refractivity contribution is 0.598. The highest BCUT2D eigenvalue weighted by atomic mass is 32.2. The number of sulfone groups is 1. The van der Waals surface area contributed by atoms with Gasteiger partial charge in [0.25, 0.3) is 0 Å². The Morgan fingerprint density at radius 1 is 0.833 bits per heavy atom. The molecule has 0 atom stereocenters. The normalized spacial score (nSPS) is 16.5. The summed E-state index contributed by atoms with van der Waals surface area (Å²) in [5, 5.41) is 0. The Morgan fingerprint density at radius 3 is 2.17 bits per heavy atom. The van der Waals surface area contributed by atoms with Crippen molar-refractivity contribution in [3.63, 3.8) is 0 Å². The van der Waals surface area contributed by atoms with E-state index in [1.54, 1.807) is 0 Å². The highest BCUT2D eigenvalue weighted by molar-refractivity contribution is 7.90. The summed E-state index contributed by atoms with van der Waals surface area (Å²) < 4.78 is 23.2. The predicted molar refractivity (Wildman–Crippen MR) is 72.9 cm³/mol. The summed E-state index contributed by atoms with van der Waals surface area (Å²) in [6, 6.07) is 14.2. The van der Waals surface area contributed by atoms with Crippen molar-refractivity contribution in [3.8, 4) is 11.1 Å². The highest BCUT2D eigenvalue weighted by Crippen LogP contribution is 2.29. The van der Waals surface area contributed by atoms with Crippen molar-refractivity contribution >= 4 is 9.84 Å². The molecule has 0 saturated carbocycles. The first-order valence-electron chi connectivity index (χ1n) is 5.93. The second kappa shape index (κ2) is 3.95. The van der Waals surface area contributed by atoms with Gasteiger partial charge in [0.2, 0.25) is 0 Å². The number of fused-ring (bicyclic) bond motifs is 1. The van der Waals surface area contributed by atoms with Crippen LogP contribution in [0.4, 0.5) is 0 Å². The molecule has 18 heavy (non-hydrogen) atoms. The van der Waals surface area contributed by atoms with E-state index in [1.165, 1.54) is 5.56 Å². The van der Waals surface area contributed by atoms with E-state index >= 15 is 0 Å². The van der Waals surface area contributed by atoms with Crippen molar-refractivity contribution in [2.75, 3.05) is 0 Å². The molecule has 0 unspecified atom stereocenters. The first-order chi connectivity index (χ1) is 8.53. The van der Waals surface area contributed by atoms with Crippen LogP contribution in [0.15, 0.2) is 42.5 Å². The largest absolute Gasteiger partial charge is 0.228 e. The molecule has 3 rings (SSSR count). The first-order valence-corrected chi connectivity index (χ1v) is 7.75. The second-order valence-corrected chi connectivity index (χ2v) is 6.95. The van der Waals surface area contributed by atoms with Crippen molar-refractivity contribution in [2.45, 2.75) is 18.4 Å². The standard InChI is InChI=1S/C15H14O2S/c1-11-2-4-12(5-3-11)13-6-7-14-9-18(16,17)10-15(14)8-13/h2-8H,9-10H2,1H3. The molecule has 2 aromatic rings. The zero-order valence-electron chi connectivity index (χ0n) is 10.2. The maximum absolute atomic E-state index is 11.6. The van der Waals surface area contributed by atoms with E-state index in [-0.39, 0.29) is 11.5 Å². The van der Waals surface area contributed by atoms with Crippen molar-refractivity contribution in [3.05, 3.63) is 59.2 Å². The number of benzene rings is 2. The van der Waals surface area contributed by atoms with Gasteiger partial charge in [-0.25, -0.2) is 8.42 Å². The van der Waals surface area contributed by atoms with Crippen molar-refractivity contribution in [1.82, 2.24) is 0 Å². The Labute approximate surface area is 107 Å². The third-order valence-electron chi connectivity index (χ3n) is 3.34. The Hall–Kier alpha value is -1.61. The molecular weight excluding hydrogens is 244 g/mol. The van der Waals surface area contributed by atoms with Gasteiger partial charge in [0.15, 0.2) is 9.84 Å². The molecule has 0 spiro atoms. The number of hydrogen-bond acceptors (Lipinski definition) is 2. The van der Waals surface area contributed by atoms with Crippen LogP contribution in [0.25, 0.3) is 11.1 Å². The van der Waals surface area contributed by atoms with Gasteiger partial charge in [-0.15, -0.1) is 0 Å². The molecule has 0 radical (unpaired) electrons. The molecule has 2 aromatic carbocycles. The molecule has 0 amide bonds. The van der Waals surface area contributed by atoms with Crippen LogP contribution in [0.3, 0.4) is 0 Å². The van der Waals surface area contributed by atoms with Crippen LogP contribution in [-0.4, -0.2) is 8.42 Å². The van der Waals surface area contributed by atoms with Gasteiger partial charge >= 0.3 is 0 Å². The van der Waals surface area contributed by atoms with Gasteiger partial charge in [0, 0.05) is 0 Å². The zero-order chi connectivity index (χ0) is 12.8. The lowest BCUT2D eigenvalue weighted by Gasteiger charge is -2.04. The summed E-state index contributed by atoms with van der Waals surface area (Å²) in [6.07, 6.45) is 0.